The second-order valence-electron chi connectivity index (χ2n) is 6.86. The number of rotatable bonds is 4. The summed E-state index contributed by atoms with van der Waals surface area (Å²) in [5.74, 6) is 0.169. The molecule has 0 radical (unpaired) electrons. The van der Waals surface area contributed by atoms with Crippen LogP contribution >= 0.6 is 0 Å². The molecule has 1 aliphatic carbocycles. The standard InChI is InChI=1S/C15H28N2O3/c1-10(17-14(20)15(2,3)4)13(19)16-9-11-5-7-12(18)8-6-11/h10-12,18H,5-9H2,1-4H3,(H,16,19)(H,17,20). The van der Waals surface area contributed by atoms with Crippen molar-refractivity contribution in [2.75, 3.05) is 6.54 Å². The van der Waals surface area contributed by atoms with Crippen molar-refractivity contribution in [1.82, 2.24) is 10.6 Å². The van der Waals surface area contributed by atoms with Gasteiger partial charge >= 0.3 is 0 Å². The number of aliphatic hydroxyl groups is 1. The molecule has 20 heavy (non-hydrogen) atoms. The van der Waals surface area contributed by atoms with Crippen LogP contribution in [0.5, 0.6) is 0 Å². The first-order valence-electron chi connectivity index (χ1n) is 7.47. The van der Waals surface area contributed by atoms with Gasteiger partial charge in [-0.3, -0.25) is 9.59 Å². The van der Waals surface area contributed by atoms with Crippen molar-refractivity contribution >= 4 is 11.8 Å². The highest BCUT2D eigenvalue weighted by atomic mass is 16.3. The van der Waals surface area contributed by atoms with Crippen molar-refractivity contribution in [2.45, 2.75) is 65.5 Å². The molecule has 0 spiro atoms. The van der Waals surface area contributed by atoms with Crippen LogP contribution in [0.2, 0.25) is 0 Å². The van der Waals surface area contributed by atoms with Crippen molar-refractivity contribution in [3.63, 3.8) is 0 Å². The minimum absolute atomic E-state index is 0.124. The summed E-state index contributed by atoms with van der Waals surface area (Å²) < 4.78 is 0. The lowest BCUT2D eigenvalue weighted by atomic mass is 9.87. The number of carbonyl (C=O) groups is 2. The Morgan fingerprint density at radius 3 is 2.25 bits per heavy atom. The molecular weight excluding hydrogens is 256 g/mol. The Hall–Kier alpha value is -1.10. The Morgan fingerprint density at radius 1 is 1.20 bits per heavy atom. The van der Waals surface area contributed by atoms with Gasteiger partial charge in [-0.05, 0) is 38.5 Å². The van der Waals surface area contributed by atoms with Crippen molar-refractivity contribution in [3.05, 3.63) is 0 Å². The number of hydrogen-bond acceptors (Lipinski definition) is 3. The first-order chi connectivity index (χ1) is 9.20. The van der Waals surface area contributed by atoms with Gasteiger partial charge in [-0.2, -0.15) is 0 Å². The fourth-order valence-corrected chi connectivity index (χ4v) is 2.23. The van der Waals surface area contributed by atoms with Gasteiger partial charge in [0.15, 0.2) is 0 Å². The zero-order valence-electron chi connectivity index (χ0n) is 13.0. The zero-order valence-corrected chi connectivity index (χ0v) is 13.0. The third kappa shape index (κ3) is 5.49. The maximum atomic E-state index is 11.9. The zero-order chi connectivity index (χ0) is 15.3. The summed E-state index contributed by atoms with van der Waals surface area (Å²) in [5.41, 5.74) is -0.492. The Labute approximate surface area is 121 Å². The molecule has 0 aromatic rings. The summed E-state index contributed by atoms with van der Waals surface area (Å²) in [4.78, 5) is 23.7. The normalized spacial score (nSPS) is 24.9. The van der Waals surface area contributed by atoms with Crippen LogP contribution in [0.25, 0.3) is 0 Å². The summed E-state index contributed by atoms with van der Waals surface area (Å²) in [5, 5.41) is 15.0. The van der Waals surface area contributed by atoms with Crippen LogP contribution in [-0.2, 0) is 9.59 Å². The molecule has 0 heterocycles. The number of aliphatic hydroxyl groups excluding tert-OH is 1. The first kappa shape index (κ1) is 17.0. The van der Waals surface area contributed by atoms with Gasteiger partial charge in [0, 0.05) is 12.0 Å². The minimum Gasteiger partial charge on any atom is -0.393 e. The molecule has 5 heteroatoms. The molecule has 1 rings (SSSR count). The SMILES string of the molecule is CC(NC(=O)C(C)(C)C)C(=O)NCC1CCC(O)CC1. The van der Waals surface area contributed by atoms with Crippen LogP contribution in [0.4, 0.5) is 0 Å². The third-order valence-corrected chi connectivity index (χ3v) is 3.80. The molecule has 0 aromatic carbocycles. The van der Waals surface area contributed by atoms with Gasteiger partial charge in [0.25, 0.3) is 0 Å². The second-order valence-corrected chi connectivity index (χ2v) is 6.86. The molecule has 0 aliphatic heterocycles. The van der Waals surface area contributed by atoms with E-state index in [1.54, 1.807) is 6.92 Å². The number of carbonyl (C=O) groups excluding carboxylic acids is 2. The smallest absolute Gasteiger partial charge is 0.242 e. The van der Waals surface area contributed by atoms with Crippen LogP contribution in [0, 0.1) is 11.3 Å². The fraction of sp³-hybridized carbons (Fsp3) is 0.867. The Balaban J connectivity index is 2.30. The van der Waals surface area contributed by atoms with E-state index >= 15 is 0 Å². The minimum atomic E-state index is -0.518. The van der Waals surface area contributed by atoms with Crippen LogP contribution in [0.1, 0.15) is 53.4 Å². The topological polar surface area (TPSA) is 78.4 Å². The van der Waals surface area contributed by atoms with Crippen LogP contribution in [0.3, 0.4) is 0 Å². The lowest BCUT2D eigenvalue weighted by Gasteiger charge is -2.26. The second kappa shape index (κ2) is 7.07. The molecule has 1 fully saturated rings. The summed E-state index contributed by atoms with van der Waals surface area (Å²) in [6, 6.07) is -0.518. The highest BCUT2D eigenvalue weighted by Crippen LogP contribution is 2.23. The first-order valence-corrected chi connectivity index (χ1v) is 7.47. The Bertz CT molecular complexity index is 342. The summed E-state index contributed by atoms with van der Waals surface area (Å²) >= 11 is 0. The molecule has 2 amide bonds. The lowest BCUT2D eigenvalue weighted by molar-refractivity contribution is -0.133. The van der Waals surface area contributed by atoms with E-state index in [4.69, 9.17) is 0 Å². The molecule has 0 saturated heterocycles. The molecule has 1 unspecified atom stereocenters. The lowest BCUT2D eigenvalue weighted by Crippen LogP contribution is -2.49. The van der Waals surface area contributed by atoms with Crippen molar-refractivity contribution in [2.24, 2.45) is 11.3 Å². The van der Waals surface area contributed by atoms with E-state index < -0.39 is 11.5 Å². The Morgan fingerprint density at radius 2 is 1.75 bits per heavy atom. The monoisotopic (exact) mass is 284 g/mol. The van der Waals surface area contributed by atoms with E-state index in [1.165, 1.54) is 0 Å². The molecule has 3 N–H and O–H groups in total. The molecule has 1 atom stereocenters. The van der Waals surface area contributed by atoms with Crippen LogP contribution in [0.15, 0.2) is 0 Å². The number of nitrogens with one attached hydrogen (secondary N) is 2. The molecular formula is C15H28N2O3. The van der Waals surface area contributed by atoms with Gasteiger partial charge in [0.2, 0.25) is 11.8 Å². The van der Waals surface area contributed by atoms with E-state index in [9.17, 15) is 14.7 Å². The van der Waals surface area contributed by atoms with Crippen molar-refractivity contribution in [1.29, 1.82) is 0 Å². The number of amides is 2. The van der Waals surface area contributed by atoms with Crippen molar-refractivity contribution in [3.8, 4) is 0 Å². The van der Waals surface area contributed by atoms with Gasteiger partial charge < -0.3 is 15.7 Å². The maximum absolute atomic E-state index is 11.9. The van der Waals surface area contributed by atoms with E-state index in [2.05, 4.69) is 10.6 Å². The summed E-state index contributed by atoms with van der Waals surface area (Å²) in [6.45, 7) is 7.78. The average Bonchev–Trinajstić information content (AvgIpc) is 2.36. The molecule has 116 valence electrons. The summed E-state index contributed by atoms with van der Waals surface area (Å²) in [6.07, 6.45) is 3.36. The van der Waals surface area contributed by atoms with Crippen LogP contribution in [-0.4, -0.2) is 35.6 Å². The largest absolute Gasteiger partial charge is 0.393 e. The van der Waals surface area contributed by atoms with Gasteiger partial charge in [-0.25, -0.2) is 0 Å². The van der Waals surface area contributed by atoms with Crippen molar-refractivity contribution < 1.29 is 14.7 Å². The highest BCUT2D eigenvalue weighted by Gasteiger charge is 2.25. The van der Waals surface area contributed by atoms with E-state index in [-0.39, 0.29) is 17.9 Å². The molecule has 1 aliphatic rings. The quantitative estimate of drug-likeness (QED) is 0.726. The van der Waals surface area contributed by atoms with Crippen LogP contribution < -0.4 is 10.6 Å². The van der Waals surface area contributed by atoms with Gasteiger partial charge in [-0.15, -0.1) is 0 Å². The molecule has 0 aromatic heterocycles. The van der Waals surface area contributed by atoms with E-state index in [0.29, 0.717) is 12.5 Å². The van der Waals surface area contributed by atoms with Gasteiger partial charge in [0.05, 0.1) is 6.10 Å². The third-order valence-electron chi connectivity index (χ3n) is 3.80. The maximum Gasteiger partial charge on any atom is 0.242 e. The van der Waals surface area contributed by atoms with Gasteiger partial charge in [0.1, 0.15) is 6.04 Å². The molecule has 5 nitrogen and oxygen atoms in total. The van der Waals surface area contributed by atoms with E-state index in [1.807, 2.05) is 20.8 Å². The van der Waals surface area contributed by atoms with E-state index in [0.717, 1.165) is 25.7 Å². The average molecular weight is 284 g/mol. The fourth-order valence-electron chi connectivity index (χ4n) is 2.23. The Kier molecular flexibility index (Phi) is 5.99. The number of hydrogen-bond donors (Lipinski definition) is 3. The predicted molar refractivity (Wildman–Crippen MR) is 78.0 cm³/mol. The predicted octanol–water partition coefficient (Wildman–Crippen LogP) is 1.20. The summed E-state index contributed by atoms with van der Waals surface area (Å²) in [7, 11) is 0. The molecule has 1 saturated carbocycles. The van der Waals surface area contributed by atoms with Gasteiger partial charge in [-0.1, -0.05) is 20.8 Å². The highest BCUT2D eigenvalue weighted by molar-refractivity contribution is 5.89. The molecule has 0 bridgehead atoms.